The minimum atomic E-state index is -0.498. The summed E-state index contributed by atoms with van der Waals surface area (Å²) in [7, 11) is 0. The van der Waals surface area contributed by atoms with Gasteiger partial charge in [0.25, 0.3) is 5.91 Å². The number of halogens is 1. The van der Waals surface area contributed by atoms with Crippen LogP contribution in [0.3, 0.4) is 0 Å². The number of aromatic nitrogens is 3. The maximum atomic E-state index is 14.3. The summed E-state index contributed by atoms with van der Waals surface area (Å²) in [6.07, 6.45) is 10.8. The van der Waals surface area contributed by atoms with Crippen LogP contribution in [0.5, 0.6) is 17.2 Å². The monoisotopic (exact) mass is 661 g/mol. The molecule has 11 nitrogen and oxygen atoms in total. The summed E-state index contributed by atoms with van der Waals surface area (Å²) >= 11 is 0. The van der Waals surface area contributed by atoms with Gasteiger partial charge in [0, 0.05) is 89.0 Å². The van der Waals surface area contributed by atoms with Crippen LogP contribution in [0.15, 0.2) is 43.0 Å². The molecule has 6 rings (SSSR count). The molecule has 2 saturated heterocycles. The van der Waals surface area contributed by atoms with Gasteiger partial charge in [-0.05, 0) is 64.3 Å². The van der Waals surface area contributed by atoms with Crippen LogP contribution in [0.25, 0.3) is 0 Å². The predicted molar refractivity (Wildman–Crippen MR) is 181 cm³/mol. The Kier molecular flexibility index (Phi) is 11.3. The third-order valence-corrected chi connectivity index (χ3v) is 9.47. The molecule has 0 radical (unpaired) electrons. The summed E-state index contributed by atoms with van der Waals surface area (Å²) < 4.78 is 33.1. The van der Waals surface area contributed by atoms with Crippen molar-refractivity contribution in [3.05, 3.63) is 65.6 Å². The molecule has 48 heavy (non-hydrogen) atoms. The van der Waals surface area contributed by atoms with Crippen molar-refractivity contribution in [2.24, 2.45) is 0 Å². The van der Waals surface area contributed by atoms with E-state index in [0.717, 1.165) is 69.8 Å². The number of piperidine rings is 1. The zero-order chi connectivity index (χ0) is 33.5. The lowest BCUT2D eigenvalue weighted by Crippen LogP contribution is -2.39. The molecular formula is C36H48FN7O4. The number of hydrogen-bond donors (Lipinski definition) is 1. The highest BCUT2D eigenvalue weighted by atomic mass is 19.1. The lowest BCUT2D eigenvalue weighted by Gasteiger charge is -2.35. The number of benzene rings is 1. The fourth-order valence-corrected chi connectivity index (χ4v) is 6.93. The van der Waals surface area contributed by atoms with Crippen LogP contribution < -0.4 is 19.7 Å². The summed E-state index contributed by atoms with van der Waals surface area (Å²) in [5.74, 6) is 1.45. The maximum absolute atomic E-state index is 14.3. The van der Waals surface area contributed by atoms with Gasteiger partial charge in [0.2, 0.25) is 0 Å². The number of ether oxygens (including phenoxy) is 3. The zero-order valence-corrected chi connectivity index (χ0v) is 28.4. The maximum Gasteiger partial charge on any atom is 0.257 e. The molecule has 0 saturated carbocycles. The Balaban J connectivity index is 1.12. The first kappa shape index (κ1) is 34.0. The summed E-state index contributed by atoms with van der Waals surface area (Å²) in [5.41, 5.74) is 2.48. The largest absolute Gasteiger partial charge is 0.490 e. The van der Waals surface area contributed by atoms with Crippen molar-refractivity contribution in [1.29, 1.82) is 0 Å². The van der Waals surface area contributed by atoms with Gasteiger partial charge >= 0.3 is 0 Å². The fourth-order valence-electron chi connectivity index (χ4n) is 6.93. The van der Waals surface area contributed by atoms with Crippen LogP contribution in [0.1, 0.15) is 80.5 Å². The van der Waals surface area contributed by atoms with Crippen molar-refractivity contribution in [2.45, 2.75) is 77.5 Å². The Hall–Kier alpha value is -3.87. The van der Waals surface area contributed by atoms with Crippen LogP contribution in [0, 0.1) is 5.82 Å². The van der Waals surface area contributed by atoms with Gasteiger partial charge in [0.1, 0.15) is 29.7 Å². The average molecular weight is 662 g/mol. The fraction of sp³-hybridized carbons (Fsp3) is 0.556. The molecule has 3 aliphatic heterocycles. The number of pyridine rings is 1. The first-order valence-corrected chi connectivity index (χ1v) is 17.4. The van der Waals surface area contributed by atoms with E-state index in [1.54, 1.807) is 11.1 Å². The molecule has 1 amide bonds. The zero-order valence-electron chi connectivity index (χ0n) is 28.4. The van der Waals surface area contributed by atoms with Crippen molar-refractivity contribution in [3.8, 4) is 17.2 Å². The normalized spacial score (nSPS) is 19.1. The van der Waals surface area contributed by atoms with Crippen LogP contribution >= 0.6 is 0 Å². The third kappa shape index (κ3) is 8.04. The molecule has 0 bridgehead atoms. The molecule has 0 aliphatic carbocycles. The number of fused-ring (bicyclic) bond motifs is 1. The molecule has 1 aromatic carbocycles. The van der Waals surface area contributed by atoms with Crippen molar-refractivity contribution in [3.63, 3.8) is 0 Å². The summed E-state index contributed by atoms with van der Waals surface area (Å²) in [5, 5.41) is 3.72. The topological polar surface area (TPSA) is 105 Å². The molecule has 3 aliphatic rings. The SMILES string of the molecule is CCN(C(=O)c1cc(F)ccc1Oc1cncnc1N1CCC(Oc2ccnc3c2C(CCN2CCCCOC2)NCC3)CC1)C(C)C. The summed E-state index contributed by atoms with van der Waals surface area (Å²) in [4.78, 5) is 33.1. The minimum absolute atomic E-state index is 0.0397. The number of nitrogens with one attached hydrogen (secondary N) is 1. The summed E-state index contributed by atoms with van der Waals surface area (Å²) in [6.45, 7) is 12.2. The Labute approximate surface area is 282 Å². The highest BCUT2D eigenvalue weighted by molar-refractivity contribution is 5.97. The molecule has 1 unspecified atom stereocenters. The van der Waals surface area contributed by atoms with Crippen molar-refractivity contribution < 1.29 is 23.4 Å². The molecule has 12 heteroatoms. The second-order valence-electron chi connectivity index (χ2n) is 13.0. The highest BCUT2D eigenvalue weighted by Crippen LogP contribution is 2.37. The summed E-state index contributed by atoms with van der Waals surface area (Å²) in [6, 6.07) is 6.18. The first-order chi connectivity index (χ1) is 23.4. The number of carbonyl (C=O) groups excluding carboxylic acids is 1. The van der Waals surface area contributed by atoms with Crippen molar-refractivity contribution in [1.82, 2.24) is 30.1 Å². The van der Waals surface area contributed by atoms with Gasteiger partial charge in [-0.2, -0.15) is 0 Å². The van der Waals surface area contributed by atoms with Gasteiger partial charge in [0.05, 0.1) is 24.2 Å². The highest BCUT2D eigenvalue weighted by Gasteiger charge is 2.30. The number of anilines is 1. The van der Waals surface area contributed by atoms with Crippen LogP contribution in [0.2, 0.25) is 0 Å². The Morgan fingerprint density at radius 3 is 2.79 bits per heavy atom. The average Bonchev–Trinajstić information content (AvgIpc) is 3.38. The van der Waals surface area contributed by atoms with E-state index in [4.69, 9.17) is 19.2 Å². The number of amides is 1. The predicted octanol–water partition coefficient (Wildman–Crippen LogP) is 5.37. The lowest BCUT2D eigenvalue weighted by atomic mass is 9.95. The molecule has 1 N–H and O–H groups in total. The molecule has 5 heterocycles. The van der Waals surface area contributed by atoms with E-state index in [0.29, 0.717) is 37.9 Å². The van der Waals surface area contributed by atoms with Crippen molar-refractivity contribution in [2.75, 3.05) is 57.5 Å². The molecule has 2 fully saturated rings. The van der Waals surface area contributed by atoms with Gasteiger partial charge in [-0.3, -0.25) is 14.7 Å². The van der Waals surface area contributed by atoms with E-state index in [1.807, 2.05) is 33.0 Å². The van der Waals surface area contributed by atoms with Crippen LogP contribution in [0.4, 0.5) is 10.2 Å². The third-order valence-electron chi connectivity index (χ3n) is 9.47. The van der Waals surface area contributed by atoms with E-state index in [1.165, 1.54) is 36.5 Å². The molecule has 3 aromatic rings. The second kappa shape index (κ2) is 16.0. The second-order valence-corrected chi connectivity index (χ2v) is 13.0. The molecule has 1 atom stereocenters. The molecule has 2 aromatic heterocycles. The molecular weight excluding hydrogens is 613 g/mol. The smallest absolute Gasteiger partial charge is 0.257 e. The van der Waals surface area contributed by atoms with E-state index >= 15 is 0 Å². The van der Waals surface area contributed by atoms with E-state index < -0.39 is 5.82 Å². The number of hydrogen-bond acceptors (Lipinski definition) is 10. The van der Waals surface area contributed by atoms with E-state index in [9.17, 15) is 9.18 Å². The Morgan fingerprint density at radius 1 is 1.12 bits per heavy atom. The number of rotatable bonds is 11. The van der Waals surface area contributed by atoms with Gasteiger partial charge in [-0.25, -0.2) is 14.4 Å². The Bertz CT molecular complexity index is 1530. The Morgan fingerprint density at radius 2 is 1.98 bits per heavy atom. The number of carbonyl (C=O) groups is 1. The van der Waals surface area contributed by atoms with E-state index in [2.05, 4.69) is 25.1 Å². The first-order valence-electron chi connectivity index (χ1n) is 17.4. The van der Waals surface area contributed by atoms with Crippen LogP contribution in [-0.2, 0) is 11.2 Å². The quantitative estimate of drug-likeness (QED) is 0.289. The van der Waals surface area contributed by atoms with Gasteiger partial charge < -0.3 is 29.3 Å². The standard InChI is InChI=1S/C36H48FN7O4/c1-4-44(25(2)3)36(45)28-21-26(37)7-8-31(28)48-33-22-38-23-41-35(33)43-18-11-27(12-19-43)47-32-10-15-40-29-9-14-39-30(34(29)32)13-17-42-16-5-6-20-46-24-42/h7-8,10,15,21-23,25,27,30,39H,4-6,9,11-14,16-20,24H2,1-3H3. The molecule has 0 spiro atoms. The van der Waals surface area contributed by atoms with Crippen LogP contribution in [-0.4, -0.2) is 95.4 Å². The minimum Gasteiger partial charge on any atom is -0.490 e. The van der Waals surface area contributed by atoms with Crippen molar-refractivity contribution >= 4 is 11.7 Å². The van der Waals surface area contributed by atoms with Gasteiger partial charge in [-0.1, -0.05) is 0 Å². The molecule has 258 valence electrons. The van der Waals surface area contributed by atoms with Gasteiger partial charge in [0.15, 0.2) is 11.6 Å². The van der Waals surface area contributed by atoms with E-state index in [-0.39, 0.29) is 35.4 Å². The lowest BCUT2D eigenvalue weighted by molar-refractivity contribution is 0.0475. The van der Waals surface area contributed by atoms with Gasteiger partial charge in [-0.15, -0.1) is 0 Å². The number of nitrogens with zero attached hydrogens (tertiary/aromatic N) is 6.